The van der Waals surface area contributed by atoms with Crippen LogP contribution in [0, 0.1) is 5.92 Å². The van der Waals surface area contributed by atoms with Crippen molar-refractivity contribution in [2.45, 2.75) is 33.7 Å². The number of rotatable bonds is 7. The van der Waals surface area contributed by atoms with Crippen molar-refractivity contribution in [3.8, 4) is 5.75 Å². The molecule has 0 unspecified atom stereocenters. The standard InChI is InChI=1S/C14H22BrNO/c1-4-16-10-12-9-13(15)5-6-14(12)17-8-7-11(2)3/h5-6,9,11,16H,4,7-8,10H2,1-3H3. The Labute approximate surface area is 113 Å². The van der Waals surface area contributed by atoms with E-state index in [0.29, 0.717) is 5.92 Å². The third-order valence-electron chi connectivity index (χ3n) is 2.54. The number of benzene rings is 1. The maximum Gasteiger partial charge on any atom is 0.123 e. The first-order valence-electron chi connectivity index (χ1n) is 6.25. The summed E-state index contributed by atoms with van der Waals surface area (Å²) >= 11 is 3.50. The van der Waals surface area contributed by atoms with Gasteiger partial charge in [-0.05, 0) is 37.1 Å². The van der Waals surface area contributed by atoms with E-state index in [9.17, 15) is 0 Å². The van der Waals surface area contributed by atoms with Gasteiger partial charge in [-0.25, -0.2) is 0 Å². The molecule has 0 atom stereocenters. The predicted octanol–water partition coefficient (Wildman–Crippen LogP) is 3.98. The molecule has 0 saturated heterocycles. The van der Waals surface area contributed by atoms with Crippen molar-refractivity contribution < 1.29 is 4.74 Å². The SMILES string of the molecule is CCNCc1cc(Br)ccc1OCCC(C)C. The Kier molecular flexibility index (Phi) is 6.60. The molecular formula is C14H22BrNO. The fourth-order valence-electron chi connectivity index (χ4n) is 1.49. The zero-order valence-corrected chi connectivity index (χ0v) is 12.5. The number of nitrogens with one attached hydrogen (secondary N) is 1. The Morgan fingerprint density at radius 3 is 2.76 bits per heavy atom. The highest BCUT2D eigenvalue weighted by Gasteiger charge is 2.04. The van der Waals surface area contributed by atoms with Crippen LogP contribution < -0.4 is 10.1 Å². The maximum atomic E-state index is 5.84. The lowest BCUT2D eigenvalue weighted by Crippen LogP contribution is -2.13. The van der Waals surface area contributed by atoms with Crippen molar-refractivity contribution >= 4 is 15.9 Å². The summed E-state index contributed by atoms with van der Waals surface area (Å²) in [6, 6.07) is 6.19. The van der Waals surface area contributed by atoms with Gasteiger partial charge in [-0.1, -0.05) is 36.7 Å². The van der Waals surface area contributed by atoms with Crippen LogP contribution in [-0.2, 0) is 6.54 Å². The molecule has 1 aromatic rings. The van der Waals surface area contributed by atoms with Crippen molar-refractivity contribution in [1.82, 2.24) is 5.32 Å². The minimum atomic E-state index is 0.683. The molecule has 1 rings (SSSR count). The van der Waals surface area contributed by atoms with Crippen molar-refractivity contribution in [3.63, 3.8) is 0 Å². The van der Waals surface area contributed by atoms with Gasteiger partial charge in [0.05, 0.1) is 6.61 Å². The normalized spacial score (nSPS) is 10.9. The van der Waals surface area contributed by atoms with Crippen LogP contribution in [0.25, 0.3) is 0 Å². The highest BCUT2D eigenvalue weighted by atomic mass is 79.9. The fourth-order valence-corrected chi connectivity index (χ4v) is 1.90. The van der Waals surface area contributed by atoms with Crippen LogP contribution in [0.15, 0.2) is 22.7 Å². The van der Waals surface area contributed by atoms with Gasteiger partial charge < -0.3 is 10.1 Å². The molecule has 0 spiro atoms. The molecule has 0 aromatic heterocycles. The van der Waals surface area contributed by atoms with E-state index in [1.807, 2.05) is 12.1 Å². The molecule has 0 aliphatic carbocycles. The third-order valence-corrected chi connectivity index (χ3v) is 3.03. The zero-order valence-electron chi connectivity index (χ0n) is 10.9. The lowest BCUT2D eigenvalue weighted by Gasteiger charge is -2.13. The summed E-state index contributed by atoms with van der Waals surface area (Å²) in [6.45, 7) is 9.15. The zero-order chi connectivity index (χ0) is 12.7. The Balaban J connectivity index is 2.62. The molecule has 0 aliphatic heterocycles. The summed E-state index contributed by atoms with van der Waals surface area (Å²) in [7, 11) is 0. The van der Waals surface area contributed by atoms with Crippen LogP contribution >= 0.6 is 15.9 Å². The Morgan fingerprint density at radius 2 is 2.12 bits per heavy atom. The predicted molar refractivity (Wildman–Crippen MR) is 76.5 cm³/mol. The molecule has 2 nitrogen and oxygen atoms in total. The number of hydrogen-bond acceptors (Lipinski definition) is 2. The number of halogens is 1. The smallest absolute Gasteiger partial charge is 0.123 e. The van der Waals surface area contributed by atoms with E-state index in [1.165, 1.54) is 5.56 Å². The Hall–Kier alpha value is -0.540. The molecule has 0 bridgehead atoms. The number of ether oxygens (including phenoxy) is 1. The molecule has 0 aliphatic rings. The van der Waals surface area contributed by atoms with E-state index in [-0.39, 0.29) is 0 Å². The second-order valence-corrected chi connectivity index (χ2v) is 5.48. The first-order valence-corrected chi connectivity index (χ1v) is 7.04. The topological polar surface area (TPSA) is 21.3 Å². The van der Waals surface area contributed by atoms with Gasteiger partial charge in [0, 0.05) is 16.6 Å². The molecule has 96 valence electrons. The van der Waals surface area contributed by atoms with E-state index in [0.717, 1.165) is 36.3 Å². The molecular weight excluding hydrogens is 278 g/mol. The maximum absolute atomic E-state index is 5.84. The van der Waals surface area contributed by atoms with Crippen LogP contribution in [0.3, 0.4) is 0 Å². The second kappa shape index (κ2) is 7.72. The molecule has 1 aromatic carbocycles. The van der Waals surface area contributed by atoms with Crippen LogP contribution in [0.2, 0.25) is 0 Å². The van der Waals surface area contributed by atoms with E-state index in [2.05, 4.69) is 48.1 Å². The van der Waals surface area contributed by atoms with Crippen LogP contribution in [0.1, 0.15) is 32.8 Å². The molecule has 0 heterocycles. The quantitative estimate of drug-likeness (QED) is 0.822. The Morgan fingerprint density at radius 1 is 1.35 bits per heavy atom. The largest absolute Gasteiger partial charge is 0.493 e. The van der Waals surface area contributed by atoms with E-state index in [1.54, 1.807) is 0 Å². The first-order chi connectivity index (χ1) is 8.13. The van der Waals surface area contributed by atoms with Crippen LogP contribution in [0.4, 0.5) is 0 Å². The molecule has 3 heteroatoms. The van der Waals surface area contributed by atoms with Gasteiger partial charge in [-0.15, -0.1) is 0 Å². The summed E-state index contributed by atoms with van der Waals surface area (Å²) in [5.74, 6) is 1.68. The monoisotopic (exact) mass is 299 g/mol. The van der Waals surface area contributed by atoms with Gasteiger partial charge in [0.15, 0.2) is 0 Å². The average molecular weight is 300 g/mol. The molecule has 0 fully saturated rings. The average Bonchev–Trinajstić information content (AvgIpc) is 2.28. The summed E-state index contributed by atoms with van der Waals surface area (Å²) in [5.41, 5.74) is 1.21. The van der Waals surface area contributed by atoms with Crippen LogP contribution in [-0.4, -0.2) is 13.2 Å². The second-order valence-electron chi connectivity index (χ2n) is 4.56. The van der Waals surface area contributed by atoms with Crippen molar-refractivity contribution in [1.29, 1.82) is 0 Å². The van der Waals surface area contributed by atoms with Crippen molar-refractivity contribution in [3.05, 3.63) is 28.2 Å². The summed E-state index contributed by atoms with van der Waals surface area (Å²) in [5, 5.41) is 3.33. The summed E-state index contributed by atoms with van der Waals surface area (Å²) < 4.78 is 6.94. The van der Waals surface area contributed by atoms with Gasteiger partial charge in [0.2, 0.25) is 0 Å². The minimum Gasteiger partial charge on any atom is -0.493 e. The van der Waals surface area contributed by atoms with Gasteiger partial charge >= 0.3 is 0 Å². The molecule has 17 heavy (non-hydrogen) atoms. The highest BCUT2D eigenvalue weighted by molar-refractivity contribution is 9.10. The third kappa shape index (κ3) is 5.55. The lowest BCUT2D eigenvalue weighted by atomic mass is 10.1. The van der Waals surface area contributed by atoms with E-state index >= 15 is 0 Å². The van der Waals surface area contributed by atoms with Gasteiger partial charge in [0.1, 0.15) is 5.75 Å². The molecule has 0 saturated carbocycles. The van der Waals surface area contributed by atoms with Crippen LogP contribution in [0.5, 0.6) is 5.75 Å². The van der Waals surface area contributed by atoms with Gasteiger partial charge in [-0.3, -0.25) is 0 Å². The van der Waals surface area contributed by atoms with Crippen molar-refractivity contribution in [2.75, 3.05) is 13.2 Å². The minimum absolute atomic E-state index is 0.683. The van der Waals surface area contributed by atoms with Gasteiger partial charge in [0.25, 0.3) is 0 Å². The molecule has 0 amide bonds. The summed E-state index contributed by atoms with van der Waals surface area (Å²) in [4.78, 5) is 0. The summed E-state index contributed by atoms with van der Waals surface area (Å²) in [6.07, 6.45) is 1.09. The highest BCUT2D eigenvalue weighted by Crippen LogP contribution is 2.23. The van der Waals surface area contributed by atoms with E-state index in [4.69, 9.17) is 4.74 Å². The lowest BCUT2D eigenvalue weighted by molar-refractivity contribution is 0.286. The number of hydrogen-bond donors (Lipinski definition) is 1. The first kappa shape index (κ1) is 14.5. The molecule has 0 radical (unpaired) electrons. The fraction of sp³-hybridized carbons (Fsp3) is 0.571. The van der Waals surface area contributed by atoms with E-state index < -0.39 is 0 Å². The van der Waals surface area contributed by atoms with Gasteiger partial charge in [-0.2, -0.15) is 0 Å². The van der Waals surface area contributed by atoms with Crippen molar-refractivity contribution in [2.24, 2.45) is 5.92 Å². The Bertz CT molecular complexity index is 339. The molecule has 1 N–H and O–H groups in total.